The molecule has 1 aliphatic rings. The second kappa shape index (κ2) is 7.17. The number of thioether (sulfide) groups is 1. The monoisotopic (exact) mass is 333 g/mol. The van der Waals surface area contributed by atoms with Crippen molar-refractivity contribution < 1.29 is 9.53 Å². The number of aromatic nitrogens is 1. The molecule has 1 aromatic heterocycles. The van der Waals surface area contributed by atoms with E-state index in [0.29, 0.717) is 12.6 Å². The first-order valence-electron chi connectivity index (χ1n) is 7.92. The Morgan fingerprint density at radius 2 is 2.39 bits per heavy atom. The largest absolute Gasteiger partial charge is 0.496 e. The second-order valence-corrected chi connectivity index (χ2v) is 6.96. The summed E-state index contributed by atoms with van der Waals surface area (Å²) in [6.07, 6.45) is 3.87. The van der Waals surface area contributed by atoms with Gasteiger partial charge in [-0.1, -0.05) is 6.07 Å². The van der Waals surface area contributed by atoms with E-state index >= 15 is 0 Å². The molecule has 124 valence electrons. The smallest absolute Gasteiger partial charge is 0.317 e. The van der Waals surface area contributed by atoms with Crippen molar-refractivity contribution in [1.82, 2.24) is 15.2 Å². The van der Waals surface area contributed by atoms with Crippen LogP contribution in [-0.2, 0) is 6.42 Å². The lowest BCUT2D eigenvalue weighted by Crippen LogP contribution is -2.44. The number of ether oxygens (including phenoxy) is 1. The quantitative estimate of drug-likeness (QED) is 0.884. The predicted octanol–water partition coefficient (Wildman–Crippen LogP) is 2.87. The lowest BCUT2D eigenvalue weighted by Gasteiger charge is -2.24. The van der Waals surface area contributed by atoms with Gasteiger partial charge in [0, 0.05) is 42.5 Å². The van der Waals surface area contributed by atoms with Crippen molar-refractivity contribution in [2.45, 2.75) is 18.9 Å². The van der Waals surface area contributed by atoms with Gasteiger partial charge in [0.15, 0.2) is 0 Å². The molecule has 1 unspecified atom stereocenters. The van der Waals surface area contributed by atoms with Crippen molar-refractivity contribution in [3.05, 3.63) is 30.0 Å². The highest BCUT2D eigenvalue weighted by Gasteiger charge is 2.23. The first-order valence-corrected chi connectivity index (χ1v) is 9.07. The molecule has 1 fully saturated rings. The molecule has 6 heteroatoms. The molecule has 0 radical (unpaired) electrons. The van der Waals surface area contributed by atoms with E-state index in [1.165, 1.54) is 0 Å². The zero-order valence-electron chi connectivity index (χ0n) is 13.6. The van der Waals surface area contributed by atoms with Gasteiger partial charge in [0.25, 0.3) is 0 Å². The van der Waals surface area contributed by atoms with Crippen LogP contribution in [0.4, 0.5) is 4.79 Å². The summed E-state index contributed by atoms with van der Waals surface area (Å²) in [5.74, 6) is 3.06. The number of H-pyrrole nitrogens is 1. The van der Waals surface area contributed by atoms with Crippen LogP contribution in [0.5, 0.6) is 5.75 Å². The molecule has 0 saturated carbocycles. The molecule has 23 heavy (non-hydrogen) atoms. The lowest BCUT2D eigenvalue weighted by atomic mass is 10.1. The molecule has 0 bridgehead atoms. The number of carbonyl (C=O) groups is 1. The minimum atomic E-state index is 0.0179. The minimum absolute atomic E-state index is 0.0179. The first-order chi connectivity index (χ1) is 11.2. The van der Waals surface area contributed by atoms with Crippen molar-refractivity contribution in [3.63, 3.8) is 0 Å². The van der Waals surface area contributed by atoms with Crippen LogP contribution < -0.4 is 10.1 Å². The molecule has 2 aromatic rings. The standard InChI is InChI=1S/C17H23N3O2S/c1-20(13-7-9-23-11-13)17(21)18-8-6-12-10-19-14-4-3-5-15(22-2)16(12)14/h3-5,10,13,19H,6-9,11H2,1-2H3,(H,18,21). The molecule has 0 aliphatic carbocycles. The zero-order valence-corrected chi connectivity index (χ0v) is 14.4. The summed E-state index contributed by atoms with van der Waals surface area (Å²) in [6.45, 7) is 0.619. The summed E-state index contributed by atoms with van der Waals surface area (Å²) >= 11 is 1.92. The Hall–Kier alpha value is -1.82. The fourth-order valence-electron chi connectivity index (χ4n) is 3.01. The molecule has 0 spiro atoms. The number of nitrogens with zero attached hydrogens (tertiary/aromatic N) is 1. The maximum Gasteiger partial charge on any atom is 0.317 e. The Morgan fingerprint density at radius 1 is 1.52 bits per heavy atom. The van der Waals surface area contributed by atoms with Crippen LogP contribution in [0.3, 0.4) is 0 Å². The van der Waals surface area contributed by atoms with Crippen molar-refractivity contribution in [2.24, 2.45) is 0 Å². The number of methoxy groups -OCH3 is 1. The van der Waals surface area contributed by atoms with Gasteiger partial charge < -0.3 is 19.9 Å². The maximum absolute atomic E-state index is 12.2. The van der Waals surface area contributed by atoms with Gasteiger partial charge in [-0.25, -0.2) is 4.79 Å². The summed E-state index contributed by atoms with van der Waals surface area (Å²) in [4.78, 5) is 17.3. The number of nitrogens with one attached hydrogen (secondary N) is 2. The Morgan fingerprint density at radius 3 is 3.13 bits per heavy atom. The fraction of sp³-hybridized carbons (Fsp3) is 0.471. The Labute approximate surface area is 140 Å². The Balaban J connectivity index is 1.59. The van der Waals surface area contributed by atoms with E-state index in [9.17, 15) is 4.79 Å². The third-order valence-corrected chi connectivity index (χ3v) is 5.56. The van der Waals surface area contributed by atoms with Gasteiger partial charge in [-0.05, 0) is 36.3 Å². The number of hydrogen-bond acceptors (Lipinski definition) is 3. The van der Waals surface area contributed by atoms with Crippen molar-refractivity contribution in [1.29, 1.82) is 0 Å². The van der Waals surface area contributed by atoms with Crippen molar-refractivity contribution in [3.8, 4) is 5.75 Å². The number of benzene rings is 1. The van der Waals surface area contributed by atoms with Gasteiger partial charge in [0.05, 0.1) is 7.11 Å². The van der Waals surface area contributed by atoms with E-state index in [0.717, 1.165) is 46.6 Å². The number of hydrogen-bond donors (Lipinski definition) is 2. The van der Waals surface area contributed by atoms with Crippen LogP contribution in [0, 0.1) is 0 Å². The van der Waals surface area contributed by atoms with Gasteiger partial charge in [0.1, 0.15) is 5.75 Å². The van der Waals surface area contributed by atoms with Crippen LogP contribution >= 0.6 is 11.8 Å². The molecule has 3 rings (SSSR count). The molecule has 1 aromatic carbocycles. The molecule has 2 heterocycles. The van der Waals surface area contributed by atoms with Gasteiger partial charge in [0.2, 0.25) is 0 Å². The van der Waals surface area contributed by atoms with Gasteiger partial charge in [-0.2, -0.15) is 11.8 Å². The molecule has 1 aliphatic heterocycles. The number of rotatable bonds is 5. The maximum atomic E-state index is 12.2. The van der Waals surface area contributed by atoms with Gasteiger partial charge >= 0.3 is 6.03 Å². The van der Waals surface area contributed by atoms with Crippen molar-refractivity contribution in [2.75, 3.05) is 32.2 Å². The first kappa shape index (κ1) is 16.1. The number of fused-ring (bicyclic) bond motifs is 1. The van der Waals surface area contributed by atoms with E-state index in [1.54, 1.807) is 7.11 Å². The Bertz CT molecular complexity index is 680. The van der Waals surface area contributed by atoms with Crippen LogP contribution in [0.25, 0.3) is 10.9 Å². The van der Waals surface area contributed by atoms with Crippen LogP contribution in [-0.4, -0.2) is 54.2 Å². The average molecular weight is 333 g/mol. The normalized spacial score (nSPS) is 17.4. The second-order valence-electron chi connectivity index (χ2n) is 5.81. The van der Waals surface area contributed by atoms with Crippen LogP contribution in [0.15, 0.2) is 24.4 Å². The zero-order chi connectivity index (χ0) is 16.2. The average Bonchev–Trinajstić information content (AvgIpc) is 3.23. The highest BCUT2D eigenvalue weighted by molar-refractivity contribution is 7.99. The van der Waals surface area contributed by atoms with E-state index in [2.05, 4.69) is 10.3 Å². The van der Waals surface area contributed by atoms with E-state index in [4.69, 9.17) is 4.74 Å². The third-order valence-electron chi connectivity index (χ3n) is 4.41. The summed E-state index contributed by atoms with van der Waals surface area (Å²) in [7, 11) is 3.57. The van der Waals surface area contributed by atoms with Gasteiger partial charge in [-0.15, -0.1) is 0 Å². The van der Waals surface area contributed by atoms with E-state index < -0.39 is 0 Å². The minimum Gasteiger partial charge on any atom is -0.496 e. The molecule has 2 N–H and O–H groups in total. The van der Waals surface area contributed by atoms with Gasteiger partial charge in [-0.3, -0.25) is 0 Å². The molecule has 1 atom stereocenters. The summed E-state index contributed by atoms with van der Waals surface area (Å²) in [6, 6.07) is 6.35. The predicted molar refractivity (Wildman–Crippen MR) is 95.4 cm³/mol. The Kier molecular flexibility index (Phi) is 5.00. The number of carbonyl (C=O) groups excluding carboxylic acids is 1. The highest BCUT2D eigenvalue weighted by Crippen LogP contribution is 2.28. The lowest BCUT2D eigenvalue weighted by molar-refractivity contribution is 0.195. The van der Waals surface area contributed by atoms with E-state index in [-0.39, 0.29) is 6.03 Å². The summed E-state index contributed by atoms with van der Waals surface area (Å²) in [5.41, 5.74) is 2.22. The van der Waals surface area contributed by atoms with Crippen molar-refractivity contribution >= 4 is 28.7 Å². The number of amides is 2. The van der Waals surface area contributed by atoms with Crippen LogP contribution in [0.2, 0.25) is 0 Å². The summed E-state index contributed by atoms with van der Waals surface area (Å²) < 4.78 is 5.44. The number of urea groups is 1. The molecule has 5 nitrogen and oxygen atoms in total. The topological polar surface area (TPSA) is 57.4 Å². The molecular formula is C17H23N3O2S. The van der Waals surface area contributed by atoms with Crippen LogP contribution in [0.1, 0.15) is 12.0 Å². The molecular weight excluding hydrogens is 310 g/mol. The number of aromatic amines is 1. The molecule has 2 amide bonds. The third kappa shape index (κ3) is 3.42. The summed E-state index contributed by atoms with van der Waals surface area (Å²) in [5, 5.41) is 4.12. The highest BCUT2D eigenvalue weighted by atomic mass is 32.2. The SMILES string of the molecule is COc1cccc2[nH]cc(CCNC(=O)N(C)C3CCSC3)c12. The molecule has 1 saturated heterocycles. The van der Waals surface area contributed by atoms with E-state index in [1.807, 2.05) is 48.1 Å². The fourth-order valence-corrected chi connectivity index (χ4v) is 4.28.